The van der Waals surface area contributed by atoms with Crippen LogP contribution in [0.3, 0.4) is 0 Å². The molecule has 3 rings (SSSR count). The zero-order valence-corrected chi connectivity index (χ0v) is 13.0. The maximum Gasteiger partial charge on any atom is 0.326 e. The summed E-state index contributed by atoms with van der Waals surface area (Å²) in [6.07, 6.45) is 2.12. The second-order valence-corrected chi connectivity index (χ2v) is 6.38. The minimum absolute atomic E-state index is 0.0158. The van der Waals surface area contributed by atoms with E-state index >= 15 is 0 Å². The maximum absolute atomic E-state index is 12.4. The third kappa shape index (κ3) is 3.21. The van der Waals surface area contributed by atoms with Crippen LogP contribution in [0.5, 0.6) is 0 Å². The van der Waals surface area contributed by atoms with E-state index in [1.807, 2.05) is 6.92 Å². The molecule has 2 aliphatic rings. The van der Waals surface area contributed by atoms with Crippen LogP contribution >= 0.6 is 0 Å². The predicted molar refractivity (Wildman–Crippen MR) is 84.0 cm³/mol. The third-order valence-electron chi connectivity index (χ3n) is 4.64. The highest BCUT2D eigenvalue weighted by atomic mass is 16.4. The molecular formula is C17H20N2O4. The van der Waals surface area contributed by atoms with Gasteiger partial charge in [0.2, 0.25) is 5.91 Å². The first-order valence-corrected chi connectivity index (χ1v) is 7.92. The number of nitrogens with zero attached hydrogens (tertiary/aromatic N) is 1. The van der Waals surface area contributed by atoms with E-state index in [4.69, 9.17) is 5.11 Å². The van der Waals surface area contributed by atoms with E-state index < -0.39 is 12.0 Å². The average Bonchev–Trinajstić information content (AvgIpc) is 3.07. The highest BCUT2D eigenvalue weighted by molar-refractivity contribution is 5.98. The van der Waals surface area contributed by atoms with E-state index in [0.29, 0.717) is 36.6 Å². The summed E-state index contributed by atoms with van der Waals surface area (Å²) in [4.78, 5) is 36.9. The Morgan fingerprint density at radius 3 is 2.43 bits per heavy atom. The Morgan fingerprint density at radius 2 is 1.87 bits per heavy atom. The van der Waals surface area contributed by atoms with Crippen molar-refractivity contribution in [1.82, 2.24) is 4.90 Å². The number of hydrogen-bond acceptors (Lipinski definition) is 3. The summed E-state index contributed by atoms with van der Waals surface area (Å²) in [7, 11) is 0. The summed E-state index contributed by atoms with van der Waals surface area (Å²) in [6, 6.07) is 5.89. The van der Waals surface area contributed by atoms with E-state index in [9.17, 15) is 14.4 Å². The number of carboxylic acids is 1. The summed E-state index contributed by atoms with van der Waals surface area (Å²) in [5.41, 5.74) is 1.10. The Labute approximate surface area is 134 Å². The summed E-state index contributed by atoms with van der Waals surface area (Å²) >= 11 is 0. The third-order valence-corrected chi connectivity index (χ3v) is 4.64. The molecule has 3 atom stereocenters. The number of carbonyl (C=O) groups excluding carboxylic acids is 2. The molecule has 0 spiro atoms. The molecule has 2 amide bonds. The fraction of sp³-hybridized carbons (Fsp3) is 0.471. The standard InChI is InChI=1S/C17H20N2O4/c1-10-9-13(10)15(20)18-12-6-4-11(5-7-12)16(21)19-8-2-3-14(19)17(22)23/h4-7,10,13-14H,2-3,8-9H2,1H3,(H,18,20)(H,22,23)/t10?,13?,14-/m1/s1. The minimum Gasteiger partial charge on any atom is -0.480 e. The molecule has 122 valence electrons. The molecule has 1 aromatic rings. The van der Waals surface area contributed by atoms with Gasteiger partial charge in [-0.25, -0.2) is 4.79 Å². The fourth-order valence-electron chi connectivity index (χ4n) is 3.05. The van der Waals surface area contributed by atoms with Gasteiger partial charge in [-0.2, -0.15) is 0 Å². The lowest BCUT2D eigenvalue weighted by molar-refractivity contribution is -0.141. The highest BCUT2D eigenvalue weighted by Gasteiger charge is 2.39. The normalized spacial score (nSPS) is 26.0. The van der Waals surface area contributed by atoms with Crippen LogP contribution in [0, 0.1) is 11.8 Å². The first-order valence-electron chi connectivity index (χ1n) is 7.92. The molecule has 1 aliphatic carbocycles. The van der Waals surface area contributed by atoms with Gasteiger partial charge < -0.3 is 15.3 Å². The van der Waals surface area contributed by atoms with Crippen LogP contribution in [0.4, 0.5) is 5.69 Å². The zero-order chi connectivity index (χ0) is 16.6. The summed E-state index contributed by atoms with van der Waals surface area (Å²) in [5, 5.41) is 12.0. The van der Waals surface area contributed by atoms with Gasteiger partial charge in [-0.05, 0) is 49.4 Å². The molecule has 1 saturated carbocycles. The van der Waals surface area contributed by atoms with Gasteiger partial charge in [0.15, 0.2) is 0 Å². The van der Waals surface area contributed by atoms with Crippen molar-refractivity contribution in [2.24, 2.45) is 11.8 Å². The van der Waals surface area contributed by atoms with Gasteiger partial charge in [0, 0.05) is 23.7 Å². The zero-order valence-electron chi connectivity index (χ0n) is 13.0. The van der Waals surface area contributed by atoms with E-state index in [0.717, 1.165) is 6.42 Å². The molecule has 2 unspecified atom stereocenters. The van der Waals surface area contributed by atoms with Gasteiger partial charge >= 0.3 is 5.97 Å². The Morgan fingerprint density at radius 1 is 1.22 bits per heavy atom. The molecule has 1 aliphatic heterocycles. The molecule has 2 fully saturated rings. The van der Waals surface area contributed by atoms with Crippen LogP contribution in [0.25, 0.3) is 0 Å². The second kappa shape index (κ2) is 6.02. The van der Waals surface area contributed by atoms with Crippen molar-refractivity contribution in [2.75, 3.05) is 11.9 Å². The van der Waals surface area contributed by atoms with Crippen molar-refractivity contribution in [3.8, 4) is 0 Å². The number of nitrogens with one attached hydrogen (secondary N) is 1. The fourth-order valence-corrected chi connectivity index (χ4v) is 3.05. The second-order valence-electron chi connectivity index (χ2n) is 6.38. The van der Waals surface area contributed by atoms with Crippen molar-refractivity contribution >= 4 is 23.5 Å². The number of likely N-dealkylation sites (tertiary alicyclic amines) is 1. The van der Waals surface area contributed by atoms with Crippen LogP contribution in [0.1, 0.15) is 36.5 Å². The summed E-state index contributed by atoms with van der Waals surface area (Å²) in [6.45, 7) is 2.51. The van der Waals surface area contributed by atoms with E-state index in [2.05, 4.69) is 5.32 Å². The lowest BCUT2D eigenvalue weighted by Crippen LogP contribution is -2.40. The van der Waals surface area contributed by atoms with Crippen LogP contribution < -0.4 is 5.32 Å². The molecule has 0 aromatic heterocycles. The number of aliphatic carboxylic acids is 1. The van der Waals surface area contributed by atoms with Gasteiger partial charge in [-0.15, -0.1) is 0 Å². The van der Waals surface area contributed by atoms with Crippen molar-refractivity contribution in [3.63, 3.8) is 0 Å². The lowest BCUT2D eigenvalue weighted by atomic mass is 10.1. The van der Waals surface area contributed by atoms with E-state index in [1.165, 1.54) is 4.90 Å². The quantitative estimate of drug-likeness (QED) is 0.889. The van der Waals surface area contributed by atoms with Crippen molar-refractivity contribution in [1.29, 1.82) is 0 Å². The lowest BCUT2D eigenvalue weighted by Gasteiger charge is -2.21. The molecule has 0 bridgehead atoms. The molecule has 0 radical (unpaired) electrons. The van der Waals surface area contributed by atoms with Crippen LogP contribution in [0.15, 0.2) is 24.3 Å². The molecule has 1 saturated heterocycles. The monoisotopic (exact) mass is 316 g/mol. The number of benzene rings is 1. The molecule has 1 aromatic carbocycles. The van der Waals surface area contributed by atoms with Crippen molar-refractivity contribution in [2.45, 2.75) is 32.2 Å². The number of carboxylic acid groups (broad SMARTS) is 1. The number of hydrogen-bond donors (Lipinski definition) is 2. The smallest absolute Gasteiger partial charge is 0.326 e. The first-order chi connectivity index (χ1) is 11.0. The highest BCUT2D eigenvalue weighted by Crippen LogP contribution is 2.38. The van der Waals surface area contributed by atoms with E-state index in [-0.39, 0.29) is 17.7 Å². The van der Waals surface area contributed by atoms with Gasteiger partial charge in [0.1, 0.15) is 6.04 Å². The van der Waals surface area contributed by atoms with Gasteiger partial charge in [-0.1, -0.05) is 6.92 Å². The summed E-state index contributed by atoms with van der Waals surface area (Å²) < 4.78 is 0. The molecule has 1 heterocycles. The topological polar surface area (TPSA) is 86.7 Å². The Balaban J connectivity index is 1.65. The Kier molecular flexibility index (Phi) is 4.07. The van der Waals surface area contributed by atoms with Crippen LogP contribution in [-0.2, 0) is 9.59 Å². The molecular weight excluding hydrogens is 296 g/mol. The van der Waals surface area contributed by atoms with E-state index in [1.54, 1.807) is 24.3 Å². The van der Waals surface area contributed by atoms with Gasteiger partial charge in [-0.3, -0.25) is 9.59 Å². The minimum atomic E-state index is -0.960. The number of amides is 2. The number of rotatable bonds is 4. The Bertz CT molecular complexity index is 640. The van der Waals surface area contributed by atoms with Gasteiger partial charge in [0.05, 0.1) is 0 Å². The van der Waals surface area contributed by atoms with Crippen molar-refractivity contribution < 1.29 is 19.5 Å². The average molecular weight is 316 g/mol. The number of anilines is 1. The Hall–Kier alpha value is -2.37. The van der Waals surface area contributed by atoms with Crippen LogP contribution in [-0.4, -0.2) is 40.4 Å². The maximum atomic E-state index is 12.4. The SMILES string of the molecule is CC1CC1C(=O)Nc1ccc(C(=O)N2CCC[C@@H]2C(=O)O)cc1. The first kappa shape index (κ1) is 15.5. The largest absolute Gasteiger partial charge is 0.480 e. The molecule has 6 heteroatoms. The molecule has 2 N–H and O–H groups in total. The van der Waals surface area contributed by atoms with Crippen molar-refractivity contribution in [3.05, 3.63) is 29.8 Å². The van der Waals surface area contributed by atoms with Crippen LogP contribution in [0.2, 0.25) is 0 Å². The molecule has 6 nitrogen and oxygen atoms in total. The molecule has 23 heavy (non-hydrogen) atoms. The number of carbonyl (C=O) groups is 3. The van der Waals surface area contributed by atoms with Gasteiger partial charge in [0.25, 0.3) is 5.91 Å². The summed E-state index contributed by atoms with van der Waals surface area (Å²) in [5.74, 6) is -0.680. The predicted octanol–water partition coefficient (Wildman–Crippen LogP) is 1.97.